The zero-order valence-electron chi connectivity index (χ0n) is 10.3. The number of benzene rings is 2. The van der Waals surface area contributed by atoms with Crippen LogP contribution in [0.25, 0.3) is 0 Å². The molecule has 0 aliphatic rings. The van der Waals surface area contributed by atoms with E-state index in [4.69, 9.17) is 10.00 Å². The van der Waals surface area contributed by atoms with Crippen LogP contribution in [0.5, 0.6) is 11.5 Å². The molecule has 2 aromatic rings. The molecule has 0 fully saturated rings. The van der Waals surface area contributed by atoms with E-state index in [9.17, 15) is 9.50 Å². The zero-order chi connectivity index (χ0) is 13.8. The molecule has 3 nitrogen and oxygen atoms in total. The van der Waals surface area contributed by atoms with E-state index in [1.807, 2.05) is 6.07 Å². The highest BCUT2D eigenvalue weighted by molar-refractivity contribution is 5.42. The van der Waals surface area contributed by atoms with Gasteiger partial charge in [-0.25, -0.2) is 4.39 Å². The lowest BCUT2D eigenvalue weighted by Crippen LogP contribution is -1.99. The van der Waals surface area contributed by atoms with E-state index < -0.39 is 11.9 Å². The number of halogens is 1. The van der Waals surface area contributed by atoms with Crippen molar-refractivity contribution in [3.8, 4) is 17.6 Å². The summed E-state index contributed by atoms with van der Waals surface area (Å²) >= 11 is 0. The van der Waals surface area contributed by atoms with Gasteiger partial charge in [-0.15, -0.1) is 0 Å². The number of rotatable bonds is 3. The third kappa shape index (κ3) is 2.90. The van der Waals surface area contributed by atoms with Crippen LogP contribution in [0.1, 0.15) is 24.2 Å². The van der Waals surface area contributed by atoms with Gasteiger partial charge in [0.25, 0.3) is 0 Å². The van der Waals surface area contributed by atoms with Gasteiger partial charge in [0.15, 0.2) is 0 Å². The van der Waals surface area contributed by atoms with Gasteiger partial charge in [-0.1, -0.05) is 12.1 Å². The van der Waals surface area contributed by atoms with E-state index in [1.54, 1.807) is 30.3 Å². The van der Waals surface area contributed by atoms with Crippen LogP contribution in [0.15, 0.2) is 42.5 Å². The molecule has 0 aromatic heterocycles. The summed E-state index contributed by atoms with van der Waals surface area (Å²) in [5, 5.41) is 18.4. The summed E-state index contributed by atoms with van der Waals surface area (Å²) in [7, 11) is 0. The van der Waals surface area contributed by atoms with Gasteiger partial charge in [-0.3, -0.25) is 0 Å². The van der Waals surface area contributed by atoms with Crippen LogP contribution in [-0.2, 0) is 0 Å². The standard InChI is InChI=1S/C15H12FNO2/c1-10(18)15-13(16)6-3-7-14(15)19-12-5-2-4-11(8-12)9-17/h2-8,10,18H,1H3. The van der Waals surface area contributed by atoms with Gasteiger partial charge in [0, 0.05) is 0 Å². The first-order chi connectivity index (χ1) is 9.11. The highest BCUT2D eigenvalue weighted by Gasteiger charge is 2.15. The number of nitriles is 1. The Morgan fingerprint density at radius 3 is 2.68 bits per heavy atom. The summed E-state index contributed by atoms with van der Waals surface area (Å²) in [6.07, 6.45) is -0.977. The highest BCUT2D eigenvalue weighted by atomic mass is 19.1. The molecule has 4 heteroatoms. The Morgan fingerprint density at radius 1 is 1.26 bits per heavy atom. The molecular formula is C15H12FNO2. The maximum atomic E-state index is 13.7. The molecule has 96 valence electrons. The molecule has 0 radical (unpaired) electrons. The van der Waals surface area contributed by atoms with E-state index in [0.717, 1.165) is 0 Å². The SMILES string of the molecule is CC(O)c1c(F)cccc1Oc1cccc(C#N)c1. The smallest absolute Gasteiger partial charge is 0.136 e. The topological polar surface area (TPSA) is 53.2 Å². The second-order valence-corrected chi connectivity index (χ2v) is 4.07. The van der Waals surface area contributed by atoms with E-state index in [-0.39, 0.29) is 11.3 Å². The minimum atomic E-state index is -0.977. The molecule has 19 heavy (non-hydrogen) atoms. The summed E-state index contributed by atoms with van der Waals surface area (Å²) in [6, 6.07) is 12.9. The normalized spacial score (nSPS) is 11.7. The average molecular weight is 257 g/mol. The van der Waals surface area contributed by atoms with E-state index in [1.165, 1.54) is 19.1 Å². The molecular weight excluding hydrogens is 245 g/mol. The van der Waals surface area contributed by atoms with Gasteiger partial charge in [-0.2, -0.15) is 5.26 Å². The fraction of sp³-hybridized carbons (Fsp3) is 0.133. The van der Waals surface area contributed by atoms with Crippen LogP contribution in [0, 0.1) is 17.1 Å². The zero-order valence-corrected chi connectivity index (χ0v) is 10.3. The van der Waals surface area contributed by atoms with Crippen LogP contribution in [0.3, 0.4) is 0 Å². The molecule has 0 heterocycles. The fourth-order valence-corrected chi connectivity index (χ4v) is 1.77. The second-order valence-electron chi connectivity index (χ2n) is 4.07. The van der Waals surface area contributed by atoms with Crippen molar-refractivity contribution >= 4 is 0 Å². The molecule has 0 saturated heterocycles. The van der Waals surface area contributed by atoms with Gasteiger partial charge in [0.05, 0.1) is 23.3 Å². The number of hydrogen-bond acceptors (Lipinski definition) is 3. The minimum absolute atomic E-state index is 0.102. The van der Waals surface area contributed by atoms with Gasteiger partial charge in [-0.05, 0) is 37.3 Å². The molecule has 2 aromatic carbocycles. The van der Waals surface area contributed by atoms with Crippen molar-refractivity contribution in [3.05, 3.63) is 59.4 Å². The van der Waals surface area contributed by atoms with Gasteiger partial charge >= 0.3 is 0 Å². The summed E-state index contributed by atoms with van der Waals surface area (Å²) < 4.78 is 19.2. The fourth-order valence-electron chi connectivity index (χ4n) is 1.77. The van der Waals surface area contributed by atoms with Gasteiger partial charge in [0.2, 0.25) is 0 Å². The molecule has 0 aliphatic heterocycles. The highest BCUT2D eigenvalue weighted by Crippen LogP contribution is 2.31. The monoisotopic (exact) mass is 257 g/mol. The summed E-state index contributed by atoms with van der Waals surface area (Å²) in [4.78, 5) is 0. The Bertz CT molecular complexity index is 632. The molecule has 0 aliphatic carbocycles. The summed E-state index contributed by atoms with van der Waals surface area (Å²) in [5.74, 6) is 0.139. The molecule has 1 atom stereocenters. The molecule has 2 rings (SSSR count). The Labute approximate surface area is 110 Å². The lowest BCUT2D eigenvalue weighted by atomic mass is 10.1. The second kappa shape index (κ2) is 5.51. The Morgan fingerprint density at radius 2 is 2.00 bits per heavy atom. The van der Waals surface area contributed by atoms with Crippen molar-refractivity contribution in [1.82, 2.24) is 0 Å². The lowest BCUT2D eigenvalue weighted by molar-refractivity contribution is 0.190. The van der Waals surface area contributed by atoms with Crippen LogP contribution >= 0.6 is 0 Å². The number of aliphatic hydroxyl groups excluding tert-OH is 1. The van der Waals surface area contributed by atoms with Crippen LogP contribution in [0.4, 0.5) is 4.39 Å². The number of aliphatic hydroxyl groups is 1. The largest absolute Gasteiger partial charge is 0.457 e. The lowest BCUT2D eigenvalue weighted by Gasteiger charge is -2.13. The van der Waals surface area contributed by atoms with Crippen LogP contribution in [-0.4, -0.2) is 5.11 Å². The van der Waals surface area contributed by atoms with E-state index in [0.29, 0.717) is 11.3 Å². The van der Waals surface area contributed by atoms with Crippen LogP contribution in [0.2, 0.25) is 0 Å². The van der Waals surface area contributed by atoms with Crippen molar-refractivity contribution < 1.29 is 14.2 Å². The molecule has 1 N–H and O–H groups in total. The Kier molecular flexibility index (Phi) is 3.79. The Hall–Kier alpha value is -2.38. The van der Waals surface area contributed by atoms with Gasteiger partial charge in [0.1, 0.15) is 17.3 Å². The number of hydrogen-bond donors (Lipinski definition) is 1. The molecule has 1 unspecified atom stereocenters. The number of ether oxygens (including phenoxy) is 1. The van der Waals surface area contributed by atoms with Crippen molar-refractivity contribution in [3.63, 3.8) is 0 Å². The Balaban J connectivity index is 2.38. The summed E-state index contributed by atoms with van der Waals surface area (Å²) in [5.41, 5.74) is 0.553. The average Bonchev–Trinajstić information content (AvgIpc) is 2.38. The molecule has 0 amide bonds. The first-order valence-electron chi connectivity index (χ1n) is 5.76. The third-order valence-electron chi connectivity index (χ3n) is 2.62. The van der Waals surface area contributed by atoms with Crippen molar-refractivity contribution in [1.29, 1.82) is 5.26 Å². The first-order valence-corrected chi connectivity index (χ1v) is 5.76. The predicted molar refractivity (Wildman–Crippen MR) is 68.3 cm³/mol. The summed E-state index contributed by atoms with van der Waals surface area (Å²) in [6.45, 7) is 1.47. The maximum Gasteiger partial charge on any atom is 0.136 e. The van der Waals surface area contributed by atoms with Crippen molar-refractivity contribution in [2.24, 2.45) is 0 Å². The minimum Gasteiger partial charge on any atom is -0.457 e. The quantitative estimate of drug-likeness (QED) is 0.914. The van der Waals surface area contributed by atoms with Crippen molar-refractivity contribution in [2.45, 2.75) is 13.0 Å². The maximum absolute atomic E-state index is 13.7. The molecule has 0 spiro atoms. The van der Waals surface area contributed by atoms with Crippen molar-refractivity contribution in [2.75, 3.05) is 0 Å². The number of nitrogens with zero attached hydrogens (tertiary/aromatic N) is 1. The van der Waals surface area contributed by atoms with E-state index in [2.05, 4.69) is 0 Å². The predicted octanol–water partition coefficient (Wildman–Crippen LogP) is 3.54. The molecule has 0 saturated carbocycles. The molecule has 0 bridgehead atoms. The van der Waals surface area contributed by atoms with Gasteiger partial charge < -0.3 is 9.84 Å². The van der Waals surface area contributed by atoms with E-state index >= 15 is 0 Å². The van der Waals surface area contributed by atoms with Crippen LogP contribution < -0.4 is 4.74 Å². The first kappa shape index (κ1) is 13.1. The third-order valence-corrected chi connectivity index (χ3v) is 2.62.